The number of rotatable bonds is 12. The molecule has 1 saturated carbocycles. The largest absolute Gasteiger partial charge is 0.460 e. The standard InChI is InChI=1S/C28H39N5O7.C5H12.2C2H6/c1-28(2,3)23(32-27(39)30-15-21(34)40-16-18-8-5-4-6-9-18)26(38)33-13-7-10-20(33)25(37)31-19(14-17-11-12-17)22(35)24(29)36;1-5(2,3)4;2*1-2/h4-6,8-9,17,19-20,23H,7,10-16H2,1-3H3,(H2,29,36)(H,31,37)(H2,30,32,39);1-4H3;2*1-2H3. The van der Waals surface area contributed by atoms with Crippen LogP contribution in [0.5, 0.6) is 0 Å². The fourth-order valence-electron chi connectivity index (χ4n) is 4.60. The molecule has 5 amide bonds. The van der Waals surface area contributed by atoms with Crippen LogP contribution in [0.2, 0.25) is 0 Å². The lowest BCUT2D eigenvalue weighted by atomic mass is 9.85. The summed E-state index contributed by atoms with van der Waals surface area (Å²) in [6.07, 6.45) is 3.08. The second kappa shape index (κ2) is 21.9. The molecule has 2 fully saturated rings. The van der Waals surface area contributed by atoms with Crippen molar-refractivity contribution in [3.8, 4) is 0 Å². The van der Waals surface area contributed by atoms with E-state index < -0.39 is 65.6 Å². The Morgan fingerprint density at radius 3 is 1.92 bits per heavy atom. The van der Waals surface area contributed by atoms with E-state index in [1.54, 1.807) is 20.8 Å². The van der Waals surface area contributed by atoms with E-state index in [2.05, 4.69) is 43.6 Å². The van der Waals surface area contributed by atoms with Gasteiger partial charge in [0.1, 0.15) is 25.2 Å². The first-order chi connectivity index (χ1) is 22.9. The van der Waals surface area contributed by atoms with E-state index in [0.29, 0.717) is 24.7 Å². The number of nitrogens with two attached hydrogens (primary N) is 1. The first-order valence-corrected chi connectivity index (χ1v) is 17.5. The molecule has 12 heteroatoms. The molecule has 5 N–H and O–H groups in total. The van der Waals surface area contributed by atoms with Crippen molar-refractivity contribution in [3.05, 3.63) is 35.9 Å². The first-order valence-electron chi connectivity index (χ1n) is 17.5. The molecule has 12 nitrogen and oxygen atoms in total. The topological polar surface area (TPSA) is 177 Å². The van der Waals surface area contributed by atoms with Gasteiger partial charge in [-0.15, -0.1) is 0 Å². The van der Waals surface area contributed by atoms with Gasteiger partial charge < -0.3 is 31.3 Å². The van der Waals surface area contributed by atoms with E-state index in [0.717, 1.165) is 18.4 Å². The number of esters is 1. The summed E-state index contributed by atoms with van der Waals surface area (Å²) in [7, 11) is 0. The van der Waals surface area contributed by atoms with Crippen molar-refractivity contribution in [2.75, 3.05) is 13.1 Å². The Labute approximate surface area is 294 Å². The maximum Gasteiger partial charge on any atom is 0.325 e. The van der Waals surface area contributed by atoms with Crippen LogP contribution in [0.15, 0.2) is 30.3 Å². The lowest BCUT2D eigenvalue weighted by Gasteiger charge is -2.35. The van der Waals surface area contributed by atoms with Crippen molar-refractivity contribution in [2.45, 2.75) is 133 Å². The summed E-state index contributed by atoms with van der Waals surface area (Å²) >= 11 is 0. The van der Waals surface area contributed by atoms with Gasteiger partial charge in [-0.25, -0.2) is 4.79 Å². The Kier molecular flexibility index (Phi) is 20.1. The van der Waals surface area contributed by atoms with E-state index in [1.165, 1.54) is 4.90 Å². The molecule has 278 valence electrons. The number of nitrogens with zero attached hydrogens (tertiary/aromatic N) is 1. The number of ketones is 1. The van der Waals surface area contributed by atoms with Crippen molar-refractivity contribution < 1.29 is 33.5 Å². The number of urea groups is 1. The minimum Gasteiger partial charge on any atom is -0.460 e. The van der Waals surface area contributed by atoms with Gasteiger partial charge in [0.05, 0.1) is 6.04 Å². The second-order valence-corrected chi connectivity index (χ2v) is 14.4. The van der Waals surface area contributed by atoms with Crippen LogP contribution in [0.3, 0.4) is 0 Å². The number of benzene rings is 1. The molecule has 0 spiro atoms. The van der Waals surface area contributed by atoms with Crippen LogP contribution in [-0.4, -0.2) is 71.6 Å². The summed E-state index contributed by atoms with van der Waals surface area (Å²) in [5.41, 5.74) is 5.75. The van der Waals surface area contributed by atoms with E-state index in [1.807, 2.05) is 58.0 Å². The molecule has 1 aliphatic heterocycles. The zero-order valence-corrected chi connectivity index (χ0v) is 31.7. The fraction of sp³-hybridized carbons (Fsp3) is 0.676. The number of nitrogens with one attached hydrogen (secondary N) is 3. The molecule has 1 aliphatic carbocycles. The van der Waals surface area contributed by atoms with Crippen molar-refractivity contribution in [1.29, 1.82) is 0 Å². The van der Waals surface area contributed by atoms with Crippen molar-refractivity contribution in [1.82, 2.24) is 20.9 Å². The SMILES string of the molecule is CC.CC.CC(C)(C)C.CC(C)(C)C(NC(=O)NCC(=O)OCc1ccccc1)C(=O)N1CCCC1C(=O)NC(CC1CC1)C(=O)C(N)=O. The highest BCUT2D eigenvalue weighted by Gasteiger charge is 2.43. The van der Waals surface area contributed by atoms with Gasteiger partial charge >= 0.3 is 12.0 Å². The minimum atomic E-state index is -1.11. The number of ether oxygens (including phenoxy) is 1. The number of primary amides is 1. The highest BCUT2D eigenvalue weighted by molar-refractivity contribution is 6.37. The van der Waals surface area contributed by atoms with Crippen LogP contribution < -0.4 is 21.7 Å². The monoisotopic (exact) mass is 689 g/mol. The summed E-state index contributed by atoms with van der Waals surface area (Å²) in [6, 6.07) is 5.45. The van der Waals surface area contributed by atoms with E-state index >= 15 is 0 Å². The van der Waals surface area contributed by atoms with E-state index in [-0.39, 0.29) is 19.1 Å². The highest BCUT2D eigenvalue weighted by atomic mass is 16.5. The van der Waals surface area contributed by atoms with Crippen molar-refractivity contribution in [2.24, 2.45) is 22.5 Å². The Balaban J connectivity index is 0.00000230. The number of hydrogen-bond donors (Lipinski definition) is 4. The quantitative estimate of drug-likeness (QED) is 0.179. The normalized spacial score (nSPS) is 16.4. The molecule has 3 atom stereocenters. The summed E-state index contributed by atoms with van der Waals surface area (Å²) in [4.78, 5) is 76.7. The Hall–Kier alpha value is -3.96. The maximum atomic E-state index is 13.6. The molecule has 1 heterocycles. The third-order valence-corrected chi connectivity index (χ3v) is 7.00. The zero-order valence-electron chi connectivity index (χ0n) is 31.7. The molecule has 1 saturated heterocycles. The molecular formula is C37H63N5O7. The van der Waals surface area contributed by atoms with Crippen LogP contribution in [0.25, 0.3) is 0 Å². The zero-order chi connectivity index (χ0) is 37.9. The molecule has 1 aromatic carbocycles. The predicted molar refractivity (Wildman–Crippen MR) is 192 cm³/mol. The highest BCUT2D eigenvalue weighted by Crippen LogP contribution is 2.34. The van der Waals surface area contributed by atoms with E-state index in [4.69, 9.17) is 10.5 Å². The Morgan fingerprint density at radius 1 is 0.878 bits per heavy atom. The molecule has 0 radical (unpaired) electrons. The van der Waals surface area contributed by atoms with Crippen LogP contribution >= 0.6 is 0 Å². The Morgan fingerprint density at radius 2 is 1.43 bits per heavy atom. The molecule has 1 aromatic rings. The smallest absolute Gasteiger partial charge is 0.325 e. The van der Waals surface area contributed by atoms with Crippen LogP contribution in [0.4, 0.5) is 4.79 Å². The number of carbonyl (C=O) groups excluding carboxylic acids is 6. The molecule has 3 rings (SSSR count). The van der Waals surface area contributed by atoms with Gasteiger partial charge in [0.25, 0.3) is 5.91 Å². The number of likely N-dealkylation sites (tertiary alicyclic amines) is 1. The maximum absolute atomic E-state index is 13.6. The van der Waals surface area contributed by atoms with Gasteiger partial charge in [-0.1, -0.05) is 119 Å². The lowest BCUT2D eigenvalue weighted by Crippen LogP contribution is -2.60. The van der Waals surface area contributed by atoms with Gasteiger partial charge in [0.15, 0.2) is 0 Å². The first kappa shape index (κ1) is 45.0. The number of Topliss-reactive ketones (excluding diaryl/α,β-unsaturated/α-hetero) is 1. The van der Waals surface area contributed by atoms with Gasteiger partial charge in [-0.05, 0) is 41.6 Å². The van der Waals surface area contributed by atoms with Crippen LogP contribution in [-0.2, 0) is 35.3 Å². The molecule has 3 unspecified atom stereocenters. The van der Waals surface area contributed by atoms with Gasteiger partial charge in [-0.3, -0.25) is 24.0 Å². The van der Waals surface area contributed by atoms with Crippen LogP contribution in [0.1, 0.15) is 114 Å². The summed E-state index contributed by atoms with van der Waals surface area (Å²) in [5, 5.41) is 7.69. The molecule has 49 heavy (non-hydrogen) atoms. The average Bonchev–Trinajstić information content (AvgIpc) is 3.72. The minimum absolute atomic E-state index is 0.0665. The van der Waals surface area contributed by atoms with Gasteiger partial charge in [0.2, 0.25) is 17.6 Å². The van der Waals surface area contributed by atoms with Crippen molar-refractivity contribution in [3.63, 3.8) is 0 Å². The van der Waals surface area contributed by atoms with E-state index in [9.17, 15) is 28.8 Å². The summed E-state index contributed by atoms with van der Waals surface area (Å²) < 4.78 is 5.16. The second-order valence-electron chi connectivity index (χ2n) is 14.4. The number of hydrogen-bond acceptors (Lipinski definition) is 7. The third-order valence-electron chi connectivity index (χ3n) is 7.00. The Bertz CT molecular complexity index is 1200. The summed E-state index contributed by atoms with van der Waals surface area (Å²) in [6.45, 7) is 22.0. The number of amides is 5. The van der Waals surface area contributed by atoms with Crippen molar-refractivity contribution >= 4 is 35.5 Å². The molecule has 0 bridgehead atoms. The van der Waals surface area contributed by atoms with Gasteiger partial charge in [0, 0.05) is 6.54 Å². The fourth-order valence-corrected chi connectivity index (χ4v) is 4.60. The predicted octanol–water partition coefficient (Wildman–Crippen LogP) is 4.88. The third kappa shape index (κ3) is 18.4. The van der Waals surface area contributed by atoms with Crippen LogP contribution in [0, 0.1) is 16.7 Å². The average molecular weight is 690 g/mol. The molecule has 0 aromatic heterocycles. The number of carbonyl (C=O) groups is 6. The lowest BCUT2D eigenvalue weighted by molar-refractivity contribution is -0.143. The summed E-state index contributed by atoms with van der Waals surface area (Å²) in [5.74, 6) is -3.36. The molecule has 2 aliphatic rings. The molecular weight excluding hydrogens is 626 g/mol. The van der Waals surface area contributed by atoms with Gasteiger partial charge in [-0.2, -0.15) is 0 Å².